The highest BCUT2D eigenvalue weighted by molar-refractivity contribution is 6.42. The number of nitrogens with one attached hydrogen (secondary N) is 1. The maximum absolute atomic E-state index is 11.3. The van der Waals surface area contributed by atoms with Crippen molar-refractivity contribution in [1.82, 2.24) is 4.98 Å². The molecule has 0 bridgehead atoms. The molecule has 0 amide bonds. The monoisotopic (exact) mass is 365 g/mol. The van der Waals surface area contributed by atoms with Gasteiger partial charge in [-0.2, -0.15) is 0 Å². The molecule has 6 heteroatoms. The van der Waals surface area contributed by atoms with Crippen molar-refractivity contribution in [3.8, 4) is 28.0 Å². The number of hydrogen-bond donors (Lipinski definition) is 2. The standard InChI is InChI=1S/C17H10Cl3NO2/c18-12-5-4-10(7-13(12)19)9-2-1-3-11(6-9)16-14(22)8-15(23)21-17(16)20/h1-8H,(H2,21,22,23). The zero-order valence-corrected chi connectivity index (χ0v) is 13.9. The molecule has 2 N–H and O–H groups in total. The Balaban J connectivity index is 2.14. The second-order valence-electron chi connectivity index (χ2n) is 4.92. The van der Waals surface area contributed by atoms with Crippen LogP contribution in [0.1, 0.15) is 0 Å². The first-order valence-corrected chi connectivity index (χ1v) is 7.77. The van der Waals surface area contributed by atoms with Crippen LogP contribution in [0.25, 0.3) is 22.3 Å². The lowest BCUT2D eigenvalue weighted by Gasteiger charge is -2.09. The summed E-state index contributed by atoms with van der Waals surface area (Å²) in [6.07, 6.45) is 0. The van der Waals surface area contributed by atoms with Crippen molar-refractivity contribution in [3.63, 3.8) is 0 Å². The molecule has 2 aromatic carbocycles. The number of hydrogen-bond acceptors (Lipinski definition) is 2. The number of halogens is 3. The molecule has 0 unspecified atom stereocenters. The van der Waals surface area contributed by atoms with Crippen LogP contribution in [-0.2, 0) is 0 Å². The van der Waals surface area contributed by atoms with E-state index in [0.29, 0.717) is 21.2 Å². The van der Waals surface area contributed by atoms with Gasteiger partial charge in [0.05, 0.1) is 15.6 Å². The second kappa shape index (κ2) is 6.28. The van der Waals surface area contributed by atoms with Crippen molar-refractivity contribution in [3.05, 3.63) is 74.1 Å². The minimum Gasteiger partial charge on any atom is -0.507 e. The van der Waals surface area contributed by atoms with Gasteiger partial charge in [-0.3, -0.25) is 4.79 Å². The van der Waals surface area contributed by atoms with Crippen molar-refractivity contribution >= 4 is 34.8 Å². The van der Waals surface area contributed by atoms with Crippen LogP contribution in [0, 0.1) is 0 Å². The SMILES string of the molecule is O=c1cc(O)c(-c2cccc(-c3ccc(Cl)c(Cl)c3)c2)c(Cl)[nH]1. The molecule has 0 fully saturated rings. The average molecular weight is 367 g/mol. The summed E-state index contributed by atoms with van der Waals surface area (Å²) in [5.74, 6) is -0.176. The van der Waals surface area contributed by atoms with E-state index in [1.165, 1.54) is 0 Å². The van der Waals surface area contributed by atoms with Crippen LogP contribution in [-0.4, -0.2) is 10.1 Å². The summed E-state index contributed by atoms with van der Waals surface area (Å²) in [4.78, 5) is 13.8. The number of aromatic hydroxyl groups is 1. The molecule has 3 rings (SSSR count). The summed E-state index contributed by atoms with van der Waals surface area (Å²) in [5, 5.41) is 11.0. The molecule has 0 aliphatic carbocycles. The van der Waals surface area contributed by atoms with E-state index in [1.807, 2.05) is 24.3 Å². The van der Waals surface area contributed by atoms with Crippen molar-refractivity contribution in [2.45, 2.75) is 0 Å². The van der Waals surface area contributed by atoms with E-state index in [9.17, 15) is 9.90 Å². The summed E-state index contributed by atoms with van der Waals surface area (Å²) >= 11 is 18.1. The smallest absolute Gasteiger partial charge is 0.252 e. The fraction of sp³-hybridized carbons (Fsp3) is 0. The fourth-order valence-corrected chi connectivity index (χ4v) is 2.92. The van der Waals surface area contributed by atoms with E-state index in [0.717, 1.165) is 17.2 Å². The molecule has 0 aliphatic rings. The second-order valence-corrected chi connectivity index (χ2v) is 6.11. The molecule has 0 radical (unpaired) electrons. The van der Waals surface area contributed by atoms with Gasteiger partial charge in [-0.15, -0.1) is 0 Å². The van der Waals surface area contributed by atoms with Crippen molar-refractivity contribution in [1.29, 1.82) is 0 Å². The topological polar surface area (TPSA) is 53.1 Å². The Hall–Kier alpha value is -1.94. The maximum atomic E-state index is 11.3. The summed E-state index contributed by atoms with van der Waals surface area (Å²) in [6, 6.07) is 13.8. The number of aromatic amines is 1. The molecule has 23 heavy (non-hydrogen) atoms. The van der Waals surface area contributed by atoms with E-state index in [-0.39, 0.29) is 10.9 Å². The van der Waals surface area contributed by atoms with E-state index in [2.05, 4.69) is 4.98 Å². The predicted molar refractivity (Wildman–Crippen MR) is 94.6 cm³/mol. The van der Waals surface area contributed by atoms with Crippen LogP contribution in [0.2, 0.25) is 15.2 Å². The van der Waals surface area contributed by atoms with Gasteiger partial charge in [0.15, 0.2) is 0 Å². The first kappa shape index (κ1) is 15.9. The Morgan fingerprint density at radius 3 is 2.22 bits per heavy atom. The van der Waals surface area contributed by atoms with Gasteiger partial charge < -0.3 is 10.1 Å². The minimum absolute atomic E-state index is 0.0845. The van der Waals surface area contributed by atoms with Gasteiger partial charge in [0.25, 0.3) is 5.56 Å². The van der Waals surface area contributed by atoms with E-state index in [1.54, 1.807) is 18.2 Å². The van der Waals surface area contributed by atoms with Gasteiger partial charge in [0.2, 0.25) is 0 Å². The molecule has 3 aromatic rings. The van der Waals surface area contributed by atoms with E-state index in [4.69, 9.17) is 34.8 Å². The highest BCUT2D eigenvalue weighted by atomic mass is 35.5. The largest absolute Gasteiger partial charge is 0.507 e. The van der Waals surface area contributed by atoms with Crippen LogP contribution in [0.5, 0.6) is 5.75 Å². The highest BCUT2D eigenvalue weighted by Gasteiger charge is 2.12. The van der Waals surface area contributed by atoms with Crippen LogP contribution in [0.15, 0.2) is 53.3 Å². The van der Waals surface area contributed by atoms with Gasteiger partial charge in [-0.05, 0) is 34.9 Å². The lowest BCUT2D eigenvalue weighted by Crippen LogP contribution is -2.04. The molecule has 3 nitrogen and oxygen atoms in total. The lowest BCUT2D eigenvalue weighted by atomic mass is 9.99. The molecule has 0 aliphatic heterocycles. The summed E-state index contributed by atoms with van der Waals surface area (Å²) in [5.41, 5.74) is 2.33. The zero-order chi connectivity index (χ0) is 16.6. The van der Waals surface area contributed by atoms with Gasteiger partial charge in [-0.1, -0.05) is 59.1 Å². The summed E-state index contributed by atoms with van der Waals surface area (Å²) < 4.78 is 0. The van der Waals surface area contributed by atoms with Crippen LogP contribution in [0.4, 0.5) is 0 Å². The Morgan fingerprint density at radius 2 is 1.52 bits per heavy atom. The Morgan fingerprint density at radius 1 is 0.826 bits per heavy atom. The van der Waals surface area contributed by atoms with Crippen molar-refractivity contribution in [2.24, 2.45) is 0 Å². The average Bonchev–Trinajstić information content (AvgIpc) is 2.49. The summed E-state index contributed by atoms with van der Waals surface area (Å²) in [6.45, 7) is 0. The molecule has 0 spiro atoms. The van der Waals surface area contributed by atoms with Gasteiger partial charge in [0, 0.05) is 6.07 Å². The molecule has 0 atom stereocenters. The van der Waals surface area contributed by atoms with Crippen molar-refractivity contribution < 1.29 is 5.11 Å². The third-order valence-corrected chi connectivity index (χ3v) is 4.40. The summed E-state index contributed by atoms with van der Waals surface area (Å²) in [7, 11) is 0. The molecular weight excluding hydrogens is 357 g/mol. The first-order chi connectivity index (χ1) is 11.0. The van der Waals surface area contributed by atoms with Crippen LogP contribution in [0.3, 0.4) is 0 Å². The first-order valence-electron chi connectivity index (χ1n) is 6.63. The maximum Gasteiger partial charge on any atom is 0.252 e. The molecule has 116 valence electrons. The van der Waals surface area contributed by atoms with E-state index < -0.39 is 5.56 Å². The molecular formula is C17H10Cl3NO2. The Bertz CT molecular complexity index is 925. The Kier molecular flexibility index (Phi) is 4.35. The van der Waals surface area contributed by atoms with Gasteiger partial charge >= 0.3 is 0 Å². The van der Waals surface area contributed by atoms with Crippen LogP contribution < -0.4 is 5.56 Å². The number of H-pyrrole nitrogens is 1. The van der Waals surface area contributed by atoms with Crippen molar-refractivity contribution in [2.75, 3.05) is 0 Å². The van der Waals surface area contributed by atoms with Gasteiger partial charge in [-0.25, -0.2) is 0 Å². The highest BCUT2D eigenvalue weighted by Crippen LogP contribution is 2.36. The van der Waals surface area contributed by atoms with E-state index >= 15 is 0 Å². The number of pyridine rings is 1. The zero-order valence-electron chi connectivity index (χ0n) is 11.6. The molecule has 0 saturated heterocycles. The van der Waals surface area contributed by atoms with Crippen LogP contribution >= 0.6 is 34.8 Å². The lowest BCUT2D eigenvalue weighted by molar-refractivity contribution is 0.476. The normalized spacial score (nSPS) is 10.7. The number of rotatable bonds is 2. The number of benzene rings is 2. The third-order valence-electron chi connectivity index (χ3n) is 3.38. The third kappa shape index (κ3) is 3.22. The quantitative estimate of drug-likeness (QED) is 0.599. The Labute approximate surface area is 147 Å². The van der Waals surface area contributed by atoms with Gasteiger partial charge in [0.1, 0.15) is 10.9 Å². The molecule has 0 saturated carbocycles. The molecule has 1 aromatic heterocycles. The number of aromatic nitrogens is 1. The minimum atomic E-state index is -0.461. The fourth-order valence-electron chi connectivity index (χ4n) is 2.32. The molecule has 1 heterocycles. The predicted octanol–water partition coefficient (Wildman–Crippen LogP) is 5.37.